The normalized spacial score (nSPS) is 29.1. The molecule has 0 aromatic heterocycles. The van der Waals surface area contributed by atoms with Crippen LogP contribution < -0.4 is 5.32 Å². The SMILES string of the molecule is CN(CC(F)F)CC1CC(O)CN1. The largest absolute Gasteiger partial charge is 0.392 e. The average Bonchev–Trinajstić information content (AvgIpc) is 2.33. The summed E-state index contributed by atoms with van der Waals surface area (Å²) in [5, 5.41) is 12.2. The Morgan fingerprint density at radius 2 is 2.31 bits per heavy atom. The molecule has 1 saturated heterocycles. The summed E-state index contributed by atoms with van der Waals surface area (Å²) in [6, 6.07) is 0.152. The molecule has 0 aliphatic carbocycles. The molecule has 1 rings (SSSR count). The Balaban J connectivity index is 2.16. The van der Waals surface area contributed by atoms with E-state index in [9.17, 15) is 8.78 Å². The highest BCUT2D eigenvalue weighted by atomic mass is 19.3. The number of hydrogen-bond donors (Lipinski definition) is 2. The second-order valence-electron chi connectivity index (χ2n) is 3.61. The van der Waals surface area contributed by atoms with E-state index in [0.717, 1.165) is 0 Å². The smallest absolute Gasteiger partial charge is 0.251 e. The zero-order chi connectivity index (χ0) is 9.84. The number of alkyl halides is 2. The van der Waals surface area contributed by atoms with Crippen LogP contribution in [-0.2, 0) is 0 Å². The molecule has 2 atom stereocenters. The maximum absolute atomic E-state index is 11.9. The molecule has 1 aliphatic heterocycles. The van der Waals surface area contributed by atoms with E-state index in [1.807, 2.05) is 0 Å². The highest BCUT2D eigenvalue weighted by molar-refractivity contribution is 4.82. The zero-order valence-electron chi connectivity index (χ0n) is 7.71. The molecule has 0 radical (unpaired) electrons. The van der Waals surface area contributed by atoms with Crippen molar-refractivity contribution in [2.75, 3.05) is 26.7 Å². The number of hydrogen-bond acceptors (Lipinski definition) is 3. The molecule has 0 spiro atoms. The minimum absolute atomic E-state index is 0.152. The molecule has 3 nitrogen and oxygen atoms in total. The van der Waals surface area contributed by atoms with Crippen LogP contribution in [0.25, 0.3) is 0 Å². The lowest BCUT2D eigenvalue weighted by Gasteiger charge is -2.20. The first-order valence-corrected chi connectivity index (χ1v) is 4.46. The number of nitrogens with one attached hydrogen (secondary N) is 1. The van der Waals surface area contributed by atoms with Crippen molar-refractivity contribution in [3.8, 4) is 0 Å². The van der Waals surface area contributed by atoms with E-state index in [1.54, 1.807) is 11.9 Å². The molecule has 2 N–H and O–H groups in total. The summed E-state index contributed by atoms with van der Waals surface area (Å²) in [5.74, 6) is 0. The van der Waals surface area contributed by atoms with Gasteiger partial charge < -0.3 is 10.4 Å². The van der Waals surface area contributed by atoms with Crippen LogP contribution in [0, 0.1) is 0 Å². The van der Waals surface area contributed by atoms with E-state index < -0.39 is 6.43 Å². The summed E-state index contributed by atoms with van der Waals surface area (Å²) >= 11 is 0. The van der Waals surface area contributed by atoms with Gasteiger partial charge in [-0.25, -0.2) is 8.78 Å². The van der Waals surface area contributed by atoms with Gasteiger partial charge in [0.1, 0.15) is 0 Å². The van der Waals surface area contributed by atoms with Gasteiger partial charge >= 0.3 is 0 Å². The van der Waals surface area contributed by atoms with Gasteiger partial charge in [-0.2, -0.15) is 0 Å². The van der Waals surface area contributed by atoms with Crippen LogP contribution in [0.1, 0.15) is 6.42 Å². The molecular weight excluding hydrogens is 178 g/mol. The summed E-state index contributed by atoms with van der Waals surface area (Å²) in [7, 11) is 1.67. The fraction of sp³-hybridized carbons (Fsp3) is 1.00. The molecule has 1 fully saturated rings. The third-order valence-electron chi connectivity index (χ3n) is 2.18. The van der Waals surface area contributed by atoms with Gasteiger partial charge in [-0.1, -0.05) is 0 Å². The molecule has 0 aromatic carbocycles. The monoisotopic (exact) mass is 194 g/mol. The van der Waals surface area contributed by atoms with E-state index in [1.165, 1.54) is 0 Å². The van der Waals surface area contributed by atoms with Gasteiger partial charge in [0.2, 0.25) is 0 Å². The van der Waals surface area contributed by atoms with Gasteiger partial charge in [0.25, 0.3) is 6.43 Å². The first-order chi connectivity index (χ1) is 6.08. The van der Waals surface area contributed by atoms with Gasteiger partial charge in [-0.3, -0.25) is 4.90 Å². The molecule has 0 bridgehead atoms. The van der Waals surface area contributed by atoms with Crippen molar-refractivity contribution in [1.82, 2.24) is 10.2 Å². The van der Waals surface area contributed by atoms with Crippen LogP contribution >= 0.6 is 0 Å². The highest BCUT2D eigenvalue weighted by Gasteiger charge is 2.23. The Bertz CT molecular complexity index is 157. The number of rotatable bonds is 4. The van der Waals surface area contributed by atoms with Crippen LogP contribution in [0.2, 0.25) is 0 Å². The molecule has 0 aromatic rings. The zero-order valence-corrected chi connectivity index (χ0v) is 7.71. The van der Waals surface area contributed by atoms with Gasteiger partial charge in [0.15, 0.2) is 0 Å². The molecule has 78 valence electrons. The van der Waals surface area contributed by atoms with Crippen molar-refractivity contribution in [3.63, 3.8) is 0 Å². The maximum atomic E-state index is 11.9. The summed E-state index contributed by atoms with van der Waals surface area (Å²) < 4.78 is 23.8. The van der Waals surface area contributed by atoms with Crippen molar-refractivity contribution in [2.24, 2.45) is 0 Å². The lowest BCUT2D eigenvalue weighted by Crippen LogP contribution is -2.37. The minimum atomic E-state index is -2.28. The van der Waals surface area contributed by atoms with Crippen molar-refractivity contribution in [1.29, 1.82) is 0 Å². The fourth-order valence-corrected chi connectivity index (χ4v) is 1.62. The number of aliphatic hydroxyl groups is 1. The van der Waals surface area contributed by atoms with Crippen molar-refractivity contribution in [3.05, 3.63) is 0 Å². The van der Waals surface area contributed by atoms with E-state index in [-0.39, 0.29) is 18.7 Å². The third kappa shape index (κ3) is 3.97. The van der Waals surface area contributed by atoms with Gasteiger partial charge in [0, 0.05) is 19.1 Å². The number of β-amino-alcohol motifs (C(OH)–C–C–N with tert-alkyl or cyclic N) is 1. The Hall–Kier alpha value is -0.260. The van der Waals surface area contributed by atoms with Crippen molar-refractivity contribution < 1.29 is 13.9 Å². The van der Waals surface area contributed by atoms with Crippen LogP contribution in [-0.4, -0.2) is 55.3 Å². The summed E-state index contributed by atoms with van der Waals surface area (Å²) in [6.45, 7) is 0.947. The van der Waals surface area contributed by atoms with Crippen molar-refractivity contribution >= 4 is 0 Å². The Kier molecular flexibility index (Phi) is 4.02. The summed E-state index contributed by atoms with van der Waals surface area (Å²) in [4.78, 5) is 1.58. The lowest BCUT2D eigenvalue weighted by atomic mass is 10.2. The van der Waals surface area contributed by atoms with Crippen LogP contribution in [0.4, 0.5) is 8.78 Å². The second kappa shape index (κ2) is 4.83. The highest BCUT2D eigenvalue weighted by Crippen LogP contribution is 2.07. The standard InChI is InChI=1S/C8H16F2N2O/c1-12(5-8(9)10)4-6-2-7(13)3-11-6/h6-8,11,13H,2-5H2,1H3. The van der Waals surface area contributed by atoms with Crippen molar-refractivity contribution in [2.45, 2.75) is 25.0 Å². The van der Waals surface area contributed by atoms with E-state index >= 15 is 0 Å². The summed E-state index contributed by atoms with van der Waals surface area (Å²) in [6.07, 6.45) is -1.94. The molecule has 5 heteroatoms. The first kappa shape index (κ1) is 10.8. The number of nitrogens with zero attached hydrogens (tertiary/aromatic N) is 1. The van der Waals surface area contributed by atoms with Crippen LogP contribution in [0.5, 0.6) is 0 Å². The maximum Gasteiger partial charge on any atom is 0.251 e. The van der Waals surface area contributed by atoms with Gasteiger partial charge in [-0.15, -0.1) is 0 Å². The minimum Gasteiger partial charge on any atom is -0.392 e. The molecule has 1 aliphatic rings. The molecule has 0 amide bonds. The molecule has 1 heterocycles. The second-order valence-corrected chi connectivity index (χ2v) is 3.61. The molecular formula is C8H16F2N2O. The number of likely N-dealkylation sites (N-methyl/N-ethyl adjacent to an activating group) is 1. The predicted octanol–water partition coefficient (Wildman–Crippen LogP) is -0.0939. The predicted molar refractivity (Wildman–Crippen MR) is 45.9 cm³/mol. The lowest BCUT2D eigenvalue weighted by molar-refractivity contribution is 0.0960. The third-order valence-corrected chi connectivity index (χ3v) is 2.18. The Labute approximate surface area is 76.7 Å². The molecule has 0 saturated carbocycles. The number of aliphatic hydroxyl groups excluding tert-OH is 1. The quantitative estimate of drug-likeness (QED) is 0.656. The van der Waals surface area contributed by atoms with E-state index in [2.05, 4.69) is 5.32 Å². The van der Waals surface area contributed by atoms with Crippen LogP contribution in [0.15, 0.2) is 0 Å². The fourth-order valence-electron chi connectivity index (χ4n) is 1.62. The van der Waals surface area contributed by atoms with Gasteiger partial charge in [-0.05, 0) is 13.5 Å². The molecule has 13 heavy (non-hydrogen) atoms. The Morgan fingerprint density at radius 3 is 2.77 bits per heavy atom. The average molecular weight is 194 g/mol. The van der Waals surface area contributed by atoms with Crippen LogP contribution in [0.3, 0.4) is 0 Å². The number of halogens is 2. The first-order valence-electron chi connectivity index (χ1n) is 4.46. The van der Waals surface area contributed by atoms with Gasteiger partial charge in [0.05, 0.1) is 12.6 Å². The van der Waals surface area contributed by atoms with E-state index in [4.69, 9.17) is 5.11 Å². The van der Waals surface area contributed by atoms with E-state index in [0.29, 0.717) is 19.5 Å². The Morgan fingerprint density at radius 1 is 1.62 bits per heavy atom. The summed E-state index contributed by atoms with van der Waals surface area (Å²) in [5.41, 5.74) is 0. The topological polar surface area (TPSA) is 35.5 Å². The molecule has 2 unspecified atom stereocenters.